The Morgan fingerprint density at radius 3 is 2.76 bits per heavy atom. The normalized spacial score (nSPS) is 22.0. The van der Waals surface area contributed by atoms with E-state index in [1.54, 1.807) is 6.07 Å². The van der Waals surface area contributed by atoms with Crippen LogP contribution < -0.4 is 5.32 Å². The van der Waals surface area contributed by atoms with Crippen molar-refractivity contribution in [2.24, 2.45) is 11.8 Å². The van der Waals surface area contributed by atoms with Gasteiger partial charge in [-0.1, -0.05) is 0 Å². The highest BCUT2D eigenvalue weighted by Gasteiger charge is 2.48. The summed E-state index contributed by atoms with van der Waals surface area (Å²) in [6.45, 7) is 1.86. The van der Waals surface area contributed by atoms with E-state index >= 15 is 0 Å². The fraction of sp³-hybridized carbons (Fsp3) is 0.364. The molecule has 0 saturated heterocycles. The molecule has 17 heavy (non-hydrogen) atoms. The summed E-state index contributed by atoms with van der Waals surface area (Å²) in [6.07, 6.45) is 1.96. The first-order valence-electron chi connectivity index (χ1n) is 5.15. The zero-order chi connectivity index (χ0) is 12.6. The van der Waals surface area contributed by atoms with Crippen LogP contribution in [0.25, 0.3) is 0 Å². The van der Waals surface area contributed by atoms with E-state index in [-0.39, 0.29) is 5.91 Å². The van der Waals surface area contributed by atoms with E-state index in [2.05, 4.69) is 26.2 Å². The number of aromatic nitrogens is 1. The van der Waals surface area contributed by atoms with Crippen molar-refractivity contribution in [1.82, 2.24) is 4.98 Å². The number of carbonyl (C=O) groups excluding carboxylic acids is 1. The number of aliphatic carboxylic acids is 1. The molecule has 0 bridgehead atoms. The van der Waals surface area contributed by atoms with Gasteiger partial charge in [-0.3, -0.25) is 9.59 Å². The van der Waals surface area contributed by atoms with Crippen LogP contribution in [0.5, 0.6) is 0 Å². The summed E-state index contributed by atoms with van der Waals surface area (Å²) in [4.78, 5) is 26.4. The first kappa shape index (κ1) is 12.0. The van der Waals surface area contributed by atoms with E-state index in [4.69, 9.17) is 5.11 Å². The summed E-state index contributed by atoms with van der Waals surface area (Å²) >= 11 is 3.26. The molecule has 1 heterocycles. The van der Waals surface area contributed by atoms with Crippen LogP contribution in [0.1, 0.15) is 12.0 Å². The lowest BCUT2D eigenvalue weighted by Crippen LogP contribution is -2.17. The van der Waals surface area contributed by atoms with Crippen molar-refractivity contribution >= 4 is 33.5 Å². The van der Waals surface area contributed by atoms with Gasteiger partial charge in [0.05, 0.1) is 23.7 Å². The quantitative estimate of drug-likeness (QED) is 0.834. The number of hydrogen-bond acceptors (Lipinski definition) is 3. The predicted molar refractivity (Wildman–Crippen MR) is 64.5 cm³/mol. The van der Waals surface area contributed by atoms with Gasteiger partial charge in [-0.15, -0.1) is 0 Å². The van der Waals surface area contributed by atoms with Crippen molar-refractivity contribution in [3.8, 4) is 0 Å². The van der Waals surface area contributed by atoms with Gasteiger partial charge < -0.3 is 10.4 Å². The maximum absolute atomic E-state index is 11.7. The minimum atomic E-state index is -0.907. The van der Waals surface area contributed by atoms with Crippen molar-refractivity contribution in [3.05, 3.63) is 22.4 Å². The Bertz CT molecular complexity index is 490. The minimum absolute atomic E-state index is 0.249. The summed E-state index contributed by atoms with van der Waals surface area (Å²) in [7, 11) is 0. The lowest BCUT2D eigenvalue weighted by Gasteiger charge is -2.05. The molecule has 1 aromatic rings. The van der Waals surface area contributed by atoms with Crippen LogP contribution in [0.2, 0.25) is 0 Å². The summed E-state index contributed by atoms with van der Waals surface area (Å²) in [5, 5.41) is 11.4. The van der Waals surface area contributed by atoms with E-state index in [0.717, 1.165) is 10.2 Å². The van der Waals surface area contributed by atoms with Crippen molar-refractivity contribution < 1.29 is 14.7 Å². The Morgan fingerprint density at radius 1 is 1.53 bits per heavy atom. The van der Waals surface area contributed by atoms with Crippen molar-refractivity contribution in [2.45, 2.75) is 13.3 Å². The number of aryl methyl sites for hydroxylation is 1. The van der Waals surface area contributed by atoms with Crippen molar-refractivity contribution in [3.63, 3.8) is 0 Å². The summed E-state index contributed by atoms with van der Waals surface area (Å²) < 4.78 is 0.727. The predicted octanol–water partition coefficient (Wildman–Crippen LogP) is 1.81. The molecule has 2 unspecified atom stereocenters. The average molecular weight is 299 g/mol. The zero-order valence-corrected chi connectivity index (χ0v) is 10.7. The van der Waals surface area contributed by atoms with Gasteiger partial charge in [-0.05, 0) is 40.9 Å². The molecule has 1 aliphatic carbocycles. The van der Waals surface area contributed by atoms with E-state index in [0.29, 0.717) is 12.1 Å². The van der Waals surface area contributed by atoms with Gasteiger partial charge in [0.25, 0.3) is 0 Å². The van der Waals surface area contributed by atoms with Crippen LogP contribution >= 0.6 is 15.9 Å². The molecule has 0 spiro atoms. The lowest BCUT2D eigenvalue weighted by molar-refractivity contribution is -0.139. The number of hydrogen-bond donors (Lipinski definition) is 2. The van der Waals surface area contributed by atoms with Gasteiger partial charge in [0.2, 0.25) is 5.91 Å². The number of carboxylic acid groups (broad SMARTS) is 1. The number of pyridine rings is 1. The van der Waals surface area contributed by atoms with Gasteiger partial charge in [0, 0.05) is 0 Å². The van der Waals surface area contributed by atoms with Crippen molar-refractivity contribution in [1.29, 1.82) is 0 Å². The van der Waals surface area contributed by atoms with Gasteiger partial charge in [-0.2, -0.15) is 0 Å². The third-order valence-electron chi connectivity index (χ3n) is 2.73. The maximum atomic E-state index is 11.7. The summed E-state index contributed by atoms with van der Waals surface area (Å²) in [6, 6.07) is 1.78. The van der Waals surface area contributed by atoms with Gasteiger partial charge in [0.15, 0.2) is 0 Å². The van der Waals surface area contributed by atoms with E-state index in [1.807, 2.05) is 6.92 Å². The second kappa shape index (κ2) is 4.44. The molecule has 2 rings (SSSR count). The number of carboxylic acids is 1. The molecular weight excluding hydrogens is 288 g/mol. The number of nitrogens with one attached hydrogen (secondary N) is 1. The third kappa shape index (κ3) is 2.63. The van der Waals surface area contributed by atoms with E-state index in [9.17, 15) is 9.59 Å². The number of carbonyl (C=O) groups is 2. The van der Waals surface area contributed by atoms with Crippen LogP contribution in [0.4, 0.5) is 5.69 Å². The largest absolute Gasteiger partial charge is 0.481 e. The lowest BCUT2D eigenvalue weighted by atomic mass is 10.2. The standard InChI is InChI=1S/C11H11BrN2O3/c1-5-2-6(4-13-9(5)12)14-10(15)7-3-8(7)11(16)17/h2,4,7-8H,3H2,1H3,(H,14,15)(H,16,17). The Hall–Kier alpha value is -1.43. The summed E-state index contributed by atoms with van der Waals surface area (Å²) in [5.41, 5.74) is 1.50. The van der Waals surface area contributed by atoms with Crippen LogP contribution in [0, 0.1) is 18.8 Å². The Morgan fingerprint density at radius 2 is 2.24 bits per heavy atom. The van der Waals surface area contributed by atoms with Gasteiger partial charge in [0.1, 0.15) is 4.60 Å². The second-order valence-electron chi connectivity index (χ2n) is 4.11. The van der Waals surface area contributed by atoms with E-state index in [1.165, 1.54) is 6.20 Å². The molecule has 5 nitrogen and oxygen atoms in total. The molecule has 2 atom stereocenters. The number of anilines is 1. The fourth-order valence-corrected chi connectivity index (χ4v) is 1.84. The monoisotopic (exact) mass is 298 g/mol. The molecule has 1 amide bonds. The highest BCUT2D eigenvalue weighted by atomic mass is 79.9. The SMILES string of the molecule is Cc1cc(NC(=O)C2CC2C(=O)O)cnc1Br. The Labute approximate surface area is 106 Å². The van der Waals surface area contributed by atoms with Crippen LogP contribution in [0.15, 0.2) is 16.9 Å². The number of nitrogens with zero attached hydrogens (tertiary/aromatic N) is 1. The van der Waals surface area contributed by atoms with Crippen LogP contribution in [-0.4, -0.2) is 22.0 Å². The molecule has 90 valence electrons. The van der Waals surface area contributed by atoms with Crippen LogP contribution in [0.3, 0.4) is 0 Å². The Kier molecular flexibility index (Phi) is 3.15. The Balaban J connectivity index is 2.00. The van der Waals surface area contributed by atoms with E-state index < -0.39 is 17.8 Å². The topological polar surface area (TPSA) is 79.3 Å². The minimum Gasteiger partial charge on any atom is -0.481 e. The smallest absolute Gasteiger partial charge is 0.307 e. The molecule has 1 aliphatic rings. The molecule has 6 heteroatoms. The van der Waals surface area contributed by atoms with Gasteiger partial charge >= 0.3 is 5.97 Å². The first-order chi connectivity index (χ1) is 7.99. The molecule has 0 aromatic carbocycles. The molecule has 0 radical (unpaired) electrons. The van der Waals surface area contributed by atoms with Gasteiger partial charge in [-0.25, -0.2) is 4.98 Å². The second-order valence-corrected chi connectivity index (χ2v) is 4.86. The van der Waals surface area contributed by atoms with Crippen molar-refractivity contribution in [2.75, 3.05) is 5.32 Å². The van der Waals surface area contributed by atoms with Crippen LogP contribution in [-0.2, 0) is 9.59 Å². The molecule has 2 N–H and O–H groups in total. The maximum Gasteiger partial charge on any atom is 0.307 e. The molecule has 0 aliphatic heterocycles. The highest BCUT2D eigenvalue weighted by Crippen LogP contribution is 2.39. The average Bonchev–Trinajstić information content (AvgIpc) is 3.03. The molecule has 1 saturated carbocycles. The number of amides is 1. The summed E-state index contributed by atoms with van der Waals surface area (Å²) in [5.74, 6) is -2.09. The first-order valence-corrected chi connectivity index (χ1v) is 5.94. The zero-order valence-electron chi connectivity index (χ0n) is 9.11. The molecule has 1 aromatic heterocycles. The molecular formula is C11H11BrN2O3. The number of rotatable bonds is 3. The number of halogens is 1. The third-order valence-corrected chi connectivity index (χ3v) is 3.56. The highest BCUT2D eigenvalue weighted by molar-refractivity contribution is 9.10. The molecule has 1 fully saturated rings. The fourth-order valence-electron chi connectivity index (χ4n) is 1.62.